The van der Waals surface area contributed by atoms with Gasteiger partial charge in [-0.1, -0.05) is 5.16 Å². The van der Waals surface area contributed by atoms with Crippen molar-refractivity contribution in [1.82, 2.24) is 5.16 Å². The molecule has 0 aliphatic rings. The monoisotopic (exact) mass is 236 g/mol. The predicted molar refractivity (Wildman–Crippen MR) is 57.3 cm³/mol. The second-order valence-corrected chi connectivity index (χ2v) is 3.46. The van der Waals surface area contributed by atoms with E-state index < -0.39 is 17.5 Å². The molecule has 0 saturated carbocycles. The van der Waals surface area contributed by atoms with Crippen molar-refractivity contribution in [3.8, 4) is 5.75 Å². The van der Waals surface area contributed by atoms with E-state index in [1.165, 1.54) is 12.3 Å². The fraction of sp³-hybridized carbons (Fsp3) is 0.0909. The molecular formula is C11H9FN2O3. The van der Waals surface area contributed by atoms with Gasteiger partial charge in [0.05, 0.1) is 6.20 Å². The van der Waals surface area contributed by atoms with Gasteiger partial charge in [0.15, 0.2) is 11.6 Å². The van der Waals surface area contributed by atoms with Crippen molar-refractivity contribution in [2.75, 3.05) is 5.32 Å². The number of amides is 1. The third-order valence-electron chi connectivity index (χ3n) is 2.16. The van der Waals surface area contributed by atoms with Crippen molar-refractivity contribution in [1.29, 1.82) is 0 Å². The third-order valence-corrected chi connectivity index (χ3v) is 2.16. The van der Waals surface area contributed by atoms with E-state index in [0.29, 0.717) is 5.56 Å². The van der Waals surface area contributed by atoms with Gasteiger partial charge in [0.2, 0.25) is 5.76 Å². The fourth-order valence-corrected chi connectivity index (χ4v) is 1.28. The van der Waals surface area contributed by atoms with Crippen LogP contribution in [0.3, 0.4) is 0 Å². The van der Waals surface area contributed by atoms with Gasteiger partial charge >= 0.3 is 0 Å². The van der Waals surface area contributed by atoms with Gasteiger partial charge in [0.25, 0.3) is 5.91 Å². The van der Waals surface area contributed by atoms with E-state index in [9.17, 15) is 9.18 Å². The summed E-state index contributed by atoms with van der Waals surface area (Å²) in [7, 11) is 0. The Kier molecular flexibility index (Phi) is 2.78. The average Bonchev–Trinajstić information content (AvgIpc) is 2.70. The van der Waals surface area contributed by atoms with E-state index in [-0.39, 0.29) is 11.4 Å². The molecule has 0 unspecified atom stereocenters. The average molecular weight is 236 g/mol. The summed E-state index contributed by atoms with van der Waals surface area (Å²) in [6.07, 6.45) is 1.41. The molecule has 1 aromatic carbocycles. The van der Waals surface area contributed by atoms with Gasteiger partial charge in [0, 0.05) is 17.3 Å². The van der Waals surface area contributed by atoms with Crippen molar-refractivity contribution in [2.45, 2.75) is 6.92 Å². The zero-order chi connectivity index (χ0) is 12.4. The molecule has 0 radical (unpaired) electrons. The number of nitrogens with one attached hydrogen (secondary N) is 1. The van der Waals surface area contributed by atoms with E-state index >= 15 is 0 Å². The Bertz CT molecular complexity index is 566. The Hall–Kier alpha value is -2.37. The molecule has 0 bridgehead atoms. The second-order valence-electron chi connectivity index (χ2n) is 3.46. The van der Waals surface area contributed by atoms with E-state index in [1.54, 1.807) is 6.92 Å². The van der Waals surface area contributed by atoms with Crippen LogP contribution in [0.4, 0.5) is 10.1 Å². The Labute approximate surface area is 95.9 Å². The summed E-state index contributed by atoms with van der Waals surface area (Å²) in [5.41, 5.74) is 0.808. The Morgan fingerprint density at radius 2 is 2.29 bits per heavy atom. The van der Waals surface area contributed by atoms with Gasteiger partial charge in [-0.05, 0) is 19.1 Å². The molecule has 2 aromatic rings. The topological polar surface area (TPSA) is 75.4 Å². The molecule has 0 saturated heterocycles. The quantitative estimate of drug-likeness (QED) is 0.783. The number of rotatable bonds is 2. The summed E-state index contributed by atoms with van der Waals surface area (Å²) in [6.45, 7) is 1.67. The number of hydrogen-bond acceptors (Lipinski definition) is 4. The standard InChI is InChI=1S/C11H9FN2O3/c1-6-5-13-17-10(6)11(16)14-7-2-3-9(15)8(12)4-7/h2-5,15H,1H3,(H,14,16). The SMILES string of the molecule is Cc1cnoc1C(=O)Nc1ccc(O)c(F)c1. The van der Waals surface area contributed by atoms with Crippen LogP contribution < -0.4 is 5.32 Å². The lowest BCUT2D eigenvalue weighted by Gasteiger charge is -2.04. The summed E-state index contributed by atoms with van der Waals surface area (Å²) in [5, 5.41) is 14.9. The van der Waals surface area contributed by atoms with E-state index in [1.807, 2.05) is 0 Å². The highest BCUT2D eigenvalue weighted by Gasteiger charge is 2.14. The van der Waals surface area contributed by atoms with Crippen LogP contribution in [0.1, 0.15) is 16.1 Å². The highest BCUT2D eigenvalue weighted by Crippen LogP contribution is 2.20. The van der Waals surface area contributed by atoms with Crippen LogP contribution >= 0.6 is 0 Å². The molecule has 5 nitrogen and oxygen atoms in total. The number of aromatic hydroxyl groups is 1. The number of phenolic OH excluding ortho intramolecular Hbond substituents is 1. The van der Waals surface area contributed by atoms with Crippen LogP contribution in [0, 0.1) is 12.7 Å². The molecule has 2 N–H and O–H groups in total. The minimum absolute atomic E-state index is 0.0680. The van der Waals surface area contributed by atoms with E-state index in [2.05, 4.69) is 10.5 Å². The van der Waals surface area contributed by atoms with Crippen molar-refractivity contribution >= 4 is 11.6 Å². The Morgan fingerprint density at radius 3 is 2.88 bits per heavy atom. The minimum atomic E-state index is -0.808. The number of anilines is 1. The maximum absolute atomic E-state index is 13.0. The number of phenols is 1. The van der Waals surface area contributed by atoms with Crippen molar-refractivity contribution in [2.24, 2.45) is 0 Å². The molecule has 0 fully saturated rings. The highest BCUT2D eigenvalue weighted by atomic mass is 19.1. The molecule has 1 amide bonds. The first-order chi connectivity index (χ1) is 8.08. The summed E-state index contributed by atoms with van der Waals surface area (Å²) >= 11 is 0. The third kappa shape index (κ3) is 2.25. The van der Waals surface area contributed by atoms with Crippen molar-refractivity contribution < 1.29 is 18.8 Å². The number of carbonyl (C=O) groups excluding carboxylic acids is 1. The Morgan fingerprint density at radius 1 is 1.53 bits per heavy atom. The molecule has 17 heavy (non-hydrogen) atoms. The molecule has 88 valence electrons. The van der Waals surface area contributed by atoms with Gasteiger partial charge in [-0.15, -0.1) is 0 Å². The summed E-state index contributed by atoms with van der Waals surface area (Å²) < 4.78 is 17.8. The smallest absolute Gasteiger partial charge is 0.294 e. The number of aromatic nitrogens is 1. The molecule has 0 atom stereocenters. The van der Waals surface area contributed by atoms with E-state index in [0.717, 1.165) is 12.1 Å². The normalized spacial score (nSPS) is 10.2. The zero-order valence-electron chi connectivity index (χ0n) is 8.90. The van der Waals surface area contributed by atoms with Crippen LogP contribution in [-0.4, -0.2) is 16.2 Å². The molecule has 0 spiro atoms. The number of halogens is 1. The molecule has 0 aliphatic carbocycles. The van der Waals surface area contributed by atoms with Crippen LogP contribution in [0.2, 0.25) is 0 Å². The van der Waals surface area contributed by atoms with Gasteiger partial charge < -0.3 is 14.9 Å². The number of benzene rings is 1. The highest BCUT2D eigenvalue weighted by molar-refractivity contribution is 6.03. The fourth-order valence-electron chi connectivity index (χ4n) is 1.28. The zero-order valence-corrected chi connectivity index (χ0v) is 8.90. The maximum atomic E-state index is 13.0. The first kappa shape index (κ1) is 11.1. The second kappa shape index (κ2) is 4.25. The largest absolute Gasteiger partial charge is 0.505 e. The van der Waals surface area contributed by atoms with Crippen LogP contribution in [-0.2, 0) is 0 Å². The first-order valence-electron chi connectivity index (χ1n) is 4.79. The summed E-state index contributed by atoms with van der Waals surface area (Å²) in [4.78, 5) is 11.7. The van der Waals surface area contributed by atoms with E-state index in [4.69, 9.17) is 9.63 Å². The molecular weight excluding hydrogens is 227 g/mol. The lowest BCUT2D eigenvalue weighted by Crippen LogP contribution is -2.12. The van der Waals surface area contributed by atoms with Crippen LogP contribution in [0.25, 0.3) is 0 Å². The van der Waals surface area contributed by atoms with Gasteiger partial charge in [-0.2, -0.15) is 0 Å². The van der Waals surface area contributed by atoms with Gasteiger partial charge in [0.1, 0.15) is 0 Å². The van der Waals surface area contributed by atoms with Crippen LogP contribution in [0.5, 0.6) is 5.75 Å². The molecule has 0 aliphatic heterocycles. The molecule has 1 heterocycles. The predicted octanol–water partition coefficient (Wildman–Crippen LogP) is 2.08. The number of nitrogens with zero attached hydrogens (tertiary/aromatic N) is 1. The minimum Gasteiger partial charge on any atom is -0.505 e. The van der Waals surface area contributed by atoms with Crippen LogP contribution in [0.15, 0.2) is 28.9 Å². The molecule has 6 heteroatoms. The van der Waals surface area contributed by atoms with Crippen molar-refractivity contribution in [3.63, 3.8) is 0 Å². The van der Waals surface area contributed by atoms with Gasteiger partial charge in [-0.25, -0.2) is 4.39 Å². The van der Waals surface area contributed by atoms with Gasteiger partial charge in [-0.3, -0.25) is 4.79 Å². The molecule has 1 aromatic heterocycles. The number of aryl methyl sites for hydroxylation is 1. The van der Waals surface area contributed by atoms with Crippen molar-refractivity contribution in [3.05, 3.63) is 41.5 Å². The molecule has 2 rings (SSSR count). The lowest BCUT2D eigenvalue weighted by atomic mass is 10.2. The maximum Gasteiger partial charge on any atom is 0.294 e. The number of carbonyl (C=O) groups is 1. The lowest BCUT2D eigenvalue weighted by molar-refractivity contribution is 0.0987. The summed E-state index contributed by atoms with van der Waals surface area (Å²) in [6, 6.07) is 3.54. The first-order valence-corrected chi connectivity index (χ1v) is 4.79. The Balaban J connectivity index is 2.19. The number of hydrogen-bond donors (Lipinski definition) is 2. The summed E-state index contributed by atoms with van der Waals surface area (Å²) in [5.74, 6) is -1.74.